The molecule has 3 heterocycles. The van der Waals surface area contributed by atoms with Crippen LogP contribution in [-0.2, 0) is 16.9 Å². The SMILES string of the molecule is NC(=O)c1cc(COC(=O)N2C[C@@H]3C[C@@](O)(c4nc5c(F)cccc5s4)C[C@@H]3C2)on1. The summed E-state index contributed by atoms with van der Waals surface area (Å²) in [4.78, 5) is 29.4. The molecule has 11 heteroatoms. The quantitative estimate of drug-likeness (QED) is 0.629. The Bertz CT molecular complexity index is 1160. The van der Waals surface area contributed by atoms with Crippen molar-refractivity contribution in [1.82, 2.24) is 15.0 Å². The van der Waals surface area contributed by atoms with Crippen LogP contribution in [0.3, 0.4) is 0 Å². The number of nitrogens with zero attached hydrogens (tertiary/aromatic N) is 3. The van der Waals surface area contributed by atoms with E-state index in [-0.39, 0.29) is 35.4 Å². The molecule has 2 amide bonds. The van der Waals surface area contributed by atoms with Crippen LogP contribution in [0.4, 0.5) is 9.18 Å². The number of para-hydroxylation sites is 1. The van der Waals surface area contributed by atoms with Crippen molar-refractivity contribution in [1.29, 1.82) is 0 Å². The van der Waals surface area contributed by atoms with Crippen LogP contribution >= 0.6 is 11.3 Å². The van der Waals surface area contributed by atoms with Gasteiger partial charge in [0.15, 0.2) is 18.1 Å². The number of ether oxygens (including phenoxy) is 1. The molecule has 1 aromatic carbocycles. The molecule has 162 valence electrons. The van der Waals surface area contributed by atoms with Crippen LogP contribution in [0.2, 0.25) is 0 Å². The number of nitrogens with two attached hydrogens (primary N) is 1. The second kappa shape index (κ2) is 7.27. The predicted molar refractivity (Wildman–Crippen MR) is 106 cm³/mol. The van der Waals surface area contributed by atoms with Gasteiger partial charge in [-0.1, -0.05) is 11.2 Å². The first-order valence-corrected chi connectivity index (χ1v) is 10.6. The zero-order valence-electron chi connectivity index (χ0n) is 16.3. The van der Waals surface area contributed by atoms with E-state index in [9.17, 15) is 19.1 Å². The maximum absolute atomic E-state index is 14.0. The van der Waals surface area contributed by atoms with Crippen LogP contribution in [0.25, 0.3) is 10.2 Å². The zero-order valence-corrected chi connectivity index (χ0v) is 17.1. The van der Waals surface area contributed by atoms with Crippen LogP contribution in [0.1, 0.15) is 34.1 Å². The summed E-state index contributed by atoms with van der Waals surface area (Å²) in [6, 6.07) is 6.10. The van der Waals surface area contributed by atoms with Crippen LogP contribution in [0, 0.1) is 17.7 Å². The van der Waals surface area contributed by atoms with Gasteiger partial charge in [-0.05, 0) is 36.8 Å². The van der Waals surface area contributed by atoms with Crippen LogP contribution in [-0.4, -0.2) is 45.2 Å². The maximum Gasteiger partial charge on any atom is 0.410 e. The fraction of sp³-hybridized carbons (Fsp3) is 0.400. The van der Waals surface area contributed by atoms with Gasteiger partial charge in [-0.25, -0.2) is 14.2 Å². The Morgan fingerprint density at radius 1 is 1.35 bits per heavy atom. The molecule has 1 saturated carbocycles. The number of primary amides is 1. The number of amides is 2. The Morgan fingerprint density at radius 3 is 2.74 bits per heavy atom. The summed E-state index contributed by atoms with van der Waals surface area (Å²) >= 11 is 1.31. The number of likely N-dealkylation sites (tertiary alicyclic amines) is 1. The molecule has 3 atom stereocenters. The lowest BCUT2D eigenvalue weighted by Crippen LogP contribution is -2.32. The molecule has 2 aromatic heterocycles. The van der Waals surface area contributed by atoms with Crippen molar-refractivity contribution >= 4 is 33.6 Å². The Balaban J connectivity index is 1.21. The third-order valence-electron chi connectivity index (χ3n) is 5.95. The molecule has 0 unspecified atom stereocenters. The summed E-state index contributed by atoms with van der Waals surface area (Å²) in [5.41, 5.74) is 4.24. The van der Waals surface area contributed by atoms with E-state index < -0.39 is 23.4 Å². The van der Waals surface area contributed by atoms with Gasteiger partial charge < -0.3 is 25.0 Å². The van der Waals surface area contributed by atoms with Crippen LogP contribution in [0.15, 0.2) is 28.8 Å². The lowest BCUT2D eigenvalue weighted by atomic mass is 10.0. The lowest BCUT2D eigenvalue weighted by Gasteiger charge is -2.23. The van der Waals surface area contributed by atoms with E-state index in [2.05, 4.69) is 10.1 Å². The van der Waals surface area contributed by atoms with Crippen molar-refractivity contribution in [3.05, 3.63) is 46.5 Å². The monoisotopic (exact) mass is 446 g/mol. The molecule has 31 heavy (non-hydrogen) atoms. The van der Waals surface area contributed by atoms with E-state index in [4.69, 9.17) is 15.0 Å². The van der Waals surface area contributed by atoms with Gasteiger partial charge in [0.2, 0.25) is 0 Å². The zero-order chi connectivity index (χ0) is 21.8. The van der Waals surface area contributed by atoms with Crippen LogP contribution in [0.5, 0.6) is 0 Å². The Kier molecular flexibility index (Phi) is 4.67. The third-order valence-corrected chi connectivity index (χ3v) is 7.17. The molecule has 2 fully saturated rings. The number of carbonyl (C=O) groups excluding carboxylic acids is 2. The smallest absolute Gasteiger partial charge is 0.410 e. The van der Waals surface area contributed by atoms with E-state index in [0.29, 0.717) is 35.6 Å². The van der Waals surface area contributed by atoms with E-state index in [1.54, 1.807) is 17.0 Å². The van der Waals surface area contributed by atoms with Crippen molar-refractivity contribution in [3.8, 4) is 0 Å². The Morgan fingerprint density at radius 2 is 2.10 bits per heavy atom. The van der Waals surface area contributed by atoms with Gasteiger partial charge in [-0.15, -0.1) is 11.3 Å². The topological polar surface area (TPSA) is 132 Å². The summed E-state index contributed by atoms with van der Waals surface area (Å²) < 4.78 is 24.9. The molecule has 0 bridgehead atoms. The van der Waals surface area contributed by atoms with Gasteiger partial charge in [-0.2, -0.15) is 0 Å². The minimum Gasteiger partial charge on any atom is -0.441 e. The summed E-state index contributed by atoms with van der Waals surface area (Å²) in [5, 5.41) is 15.2. The van der Waals surface area contributed by atoms with E-state index in [0.717, 1.165) is 0 Å². The number of rotatable bonds is 4. The molecule has 3 aromatic rings. The number of aliphatic hydroxyl groups is 1. The number of halogens is 1. The lowest BCUT2D eigenvalue weighted by molar-refractivity contribution is 0.0294. The Hall–Kier alpha value is -3.05. The number of hydrogen-bond acceptors (Lipinski definition) is 8. The molecule has 1 aliphatic carbocycles. The first-order chi connectivity index (χ1) is 14.8. The molecule has 5 rings (SSSR count). The predicted octanol–water partition coefficient (Wildman–Crippen LogP) is 2.39. The highest BCUT2D eigenvalue weighted by Crippen LogP contribution is 2.50. The first-order valence-electron chi connectivity index (χ1n) is 9.77. The molecular weight excluding hydrogens is 427 g/mol. The number of thiazole rings is 1. The van der Waals surface area contributed by atoms with Gasteiger partial charge in [0.25, 0.3) is 5.91 Å². The highest BCUT2D eigenvalue weighted by atomic mass is 32.1. The fourth-order valence-electron chi connectivity index (χ4n) is 4.51. The Labute approximate surface area is 179 Å². The van der Waals surface area contributed by atoms with Crippen LogP contribution < -0.4 is 5.73 Å². The highest BCUT2D eigenvalue weighted by molar-refractivity contribution is 7.18. The molecule has 0 spiro atoms. The molecule has 1 aliphatic heterocycles. The average Bonchev–Trinajstić information content (AvgIpc) is 3.48. The van der Waals surface area contributed by atoms with Crippen molar-refractivity contribution < 1.29 is 28.3 Å². The van der Waals surface area contributed by atoms with Crippen molar-refractivity contribution in [2.45, 2.75) is 25.0 Å². The van der Waals surface area contributed by atoms with E-state index >= 15 is 0 Å². The second-order valence-corrected chi connectivity index (χ2v) is 9.10. The fourth-order valence-corrected chi connectivity index (χ4v) is 5.60. The number of hydrogen-bond donors (Lipinski definition) is 2. The molecule has 0 radical (unpaired) electrons. The second-order valence-electron chi connectivity index (χ2n) is 8.07. The number of carbonyl (C=O) groups is 2. The van der Waals surface area contributed by atoms with Gasteiger partial charge in [-0.3, -0.25) is 4.79 Å². The minimum absolute atomic E-state index is 0.0317. The first kappa shape index (κ1) is 19.9. The van der Waals surface area contributed by atoms with Gasteiger partial charge in [0.1, 0.15) is 21.9 Å². The normalized spacial score (nSPS) is 25.2. The van der Waals surface area contributed by atoms with Crippen molar-refractivity contribution in [2.24, 2.45) is 17.6 Å². The van der Waals surface area contributed by atoms with Gasteiger partial charge in [0, 0.05) is 19.2 Å². The number of fused-ring (bicyclic) bond motifs is 2. The minimum atomic E-state index is -1.12. The molecule has 3 N–H and O–H groups in total. The van der Waals surface area contributed by atoms with Gasteiger partial charge >= 0.3 is 6.09 Å². The number of benzene rings is 1. The summed E-state index contributed by atoms with van der Waals surface area (Å²) in [6.07, 6.45) is 0.400. The summed E-state index contributed by atoms with van der Waals surface area (Å²) in [7, 11) is 0. The third kappa shape index (κ3) is 3.53. The highest BCUT2D eigenvalue weighted by Gasteiger charge is 2.51. The molecule has 9 nitrogen and oxygen atoms in total. The van der Waals surface area contributed by atoms with Crippen molar-refractivity contribution in [3.63, 3.8) is 0 Å². The summed E-state index contributed by atoms with van der Waals surface area (Å²) in [6.45, 7) is 0.744. The largest absolute Gasteiger partial charge is 0.441 e. The molecule has 1 saturated heterocycles. The van der Waals surface area contributed by atoms with E-state index in [1.807, 2.05) is 0 Å². The van der Waals surface area contributed by atoms with Gasteiger partial charge in [0.05, 0.1) is 4.70 Å². The van der Waals surface area contributed by atoms with E-state index in [1.165, 1.54) is 23.5 Å². The van der Waals surface area contributed by atoms with Crippen molar-refractivity contribution in [2.75, 3.05) is 13.1 Å². The standard InChI is InChI=1S/C20H19FN4O5S/c21-13-2-1-3-15-16(13)23-18(31-15)20(28)5-10-7-25(8-11(10)6-20)19(27)29-9-12-4-14(17(22)26)24-30-12/h1-4,10-11,28H,5-9H2,(H2,22,26)/t10-,11+,20-. The maximum atomic E-state index is 14.0. The molecular formula is C20H19FN4O5S. The average molecular weight is 446 g/mol. The summed E-state index contributed by atoms with van der Waals surface area (Å²) in [5.74, 6) is -0.705. The molecule has 2 aliphatic rings. The number of aromatic nitrogens is 2.